The number of carbonyl (C=O) groups excluding carboxylic acids is 1. The second-order valence-electron chi connectivity index (χ2n) is 4.45. The van der Waals surface area contributed by atoms with Crippen molar-refractivity contribution in [2.75, 3.05) is 5.32 Å². The van der Waals surface area contributed by atoms with Crippen LogP contribution in [0.15, 0.2) is 42.5 Å². The first kappa shape index (κ1) is 14.9. The Kier molecular flexibility index (Phi) is 4.84. The first-order chi connectivity index (χ1) is 10.1. The van der Waals surface area contributed by atoms with Gasteiger partial charge in [0.05, 0.1) is 0 Å². The van der Waals surface area contributed by atoms with Crippen LogP contribution >= 0.6 is 0 Å². The van der Waals surface area contributed by atoms with Crippen molar-refractivity contribution in [3.05, 3.63) is 65.2 Å². The third-order valence-electron chi connectivity index (χ3n) is 2.87. The van der Waals surface area contributed by atoms with E-state index in [2.05, 4.69) is 10.6 Å². The van der Waals surface area contributed by atoms with Crippen LogP contribution in [0.25, 0.3) is 0 Å². The van der Waals surface area contributed by atoms with E-state index < -0.39 is 17.7 Å². The first-order valence-electron chi connectivity index (χ1n) is 6.36. The largest absolute Gasteiger partial charge is 0.334 e. The Morgan fingerprint density at radius 1 is 1.14 bits per heavy atom. The van der Waals surface area contributed by atoms with Crippen LogP contribution in [0.1, 0.15) is 11.1 Å². The van der Waals surface area contributed by atoms with Crippen molar-refractivity contribution in [3.63, 3.8) is 0 Å². The fraction of sp³-hybridized carbons (Fsp3) is 0.133. The molecule has 21 heavy (non-hydrogen) atoms. The summed E-state index contributed by atoms with van der Waals surface area (Å²) in [6.45, 7) is 0.262. The highest BCUT2D eigenvalue weighted by atomic mass is 19.1. The fourth-order valence-corrected chi connectivity index (χ4v) is 1.81. The van der Waals surface area contributed by atoms with E-state index in [-0.39, 0.29) is 12.1 Å². The molecule has 6 heteroatoms. The number of nitrogens with one attached hydrogen (secondary N) is 2. The highest BCUT2D eigenvalue weighted by Crippen LogP contribution is 2.11. The van der Waals surface area contributed by atoms with Gasteiger partial charge < -0.3 is 16.4 Å². The summed E-state index contributed by atoms with van der Waals surface area (Å²) in [5, 5.41) is 5.06. The van der Waals surface area contributed by atoms with Gasteiger partial charge in [-0.2, -0.15) is 0 Å². The highest BCUT2D eigenvalue weighted by Gasteiger charge is 2.06. The van der Waals surface area contributed by atoms with E-state index in [0.717, 1.165) is 23.8 Å². The molecule has 0 aliphatic heterocycles. The molecule has 0 spiro atoms. The van der Waals surface area contributed by atoms with Crippen LogP contribution in [0, 0.1) is 11.6 Å². The number of hydrogen-bond donors (Lipinski definition) is 3. The maximum Gasteiger partial charge on any atom is 0.319 e. The molecule has 0 aliphatic carbocycles. The summed E-state index contributed by atoms with van der Waals surface area (Å²) in [4.78, 5) is 11.7. The number of halogens is 2. The lowest BCUT2D eigenvalue weighted by Gasteiger charge is -2.09. The molecule has 4 N–H and O–H groups in total. The molecule has 0 saturated carbocycles. The first-order valence-corrected chi connectivity index (χ1v) is 6.36. The lowest BCUT2D eigenvalue weighted by Crippen LogP contribution is -2.28. The average molecular weight is 291 g/mol. The number of nitrogens with two attached hydrogens (primary N) is 1. The second kappa shape index (κ2) is 6.81. The number of anilines is 1. The van der Waals surface area contributed by atoms with Crippen molar-refractivity contribution in [1.82, 2.24) is 5.32 Å². The number of carbonyl (C=O) groups is 1. The average Bonchev–Trinajstić information content (AvgIpc) is 2.48. The smallest absolute Gasteiger partial charge is 0.319 e. The van der Waals surface area contributed by atoms with Gasteiger partial charge in [-0.3, -0.25) is 0 Å². The summed E-state index contributed by atoms with van der Waals surface area (Å²) < 4.78 is 26.4. The molecule has 2 rings (SSSR count). The summed E-state index contributed by atoms with van der Waals surface area (Å²) >= 11 is 0. The zero-order chi connectivity index (χ0) is 15.2. The van der Waals surface area contributed by atoms with E-state index in [1.54, 1.807) is 18.2 Å². The van der Waals surface area contributed by atoms with Crippen molar-refractivity contribution >= 4 is 11.7 Å². The van der Waals surface area contributed by atoms with Crippen molar-refractivity contribution in [3.8, 4) is 0 Å². The van der Waals surface area contributed by atoms with Gasteiger partial charge in [-0.05, 0) is 35.9 Å². The summed E-state index contributed by atoms with van der Waals surface area (Å²) in [5.74, 6) is -1.12. The second-order valence-corrected chi connectivity index (χ2v) is 4.45. The SMILES string of the molecule is NCc1cccc(NC(=O)NCc2cc(F)ccc2F)c1. The van der Waals surface area contributed by atoms with Crippen LogP contribution < -0.4 is 16.4 Å². The molecule has 110 valence electrons. The van der Waals surface area contributed by atoms with Gasteiger partial charge in [0.15, 0.2) is 0 Å². The standard InChI is InChI=1S/C15H15F2N3O/c16-12-4-5-14(17)11(7-12)9-19-15(21)20-13-3-1-2-10(6-13)8-18/h1-7H,8-9,18H2,(H2,19,20,21). The van der Waals surface area contributed by atoms with E-state index in [1.165, 1.54) is 0 Å². The molecular formula is C15H15F2N3O. The third-order valence-corrected chi connectivity index (χ3v) is 2.87. The summed E-state index contributed by atoms with van der Waals surface area (Å²) in [6.07, 6.45) is 0. The molecule has 0 aromatic heterocycles. The normalized spacial score (nSPS) is 10.2. The maximum atomic E-state index is 13.4. The van der Waals surface area contributed by atoms with Crippen molar-refractivity contribution in [2.45, 2.75) is 13.1 Å². The van der Waals surface area contributed by atoms with Crippen molar-refractivity contribution in [2.24, 2.45) is 5.73 Å². The number of hydrogen-bond acceptors (Lipinski definition) is 2. The molecule has 0 unspecified atom stereocenters. The Hall–Kier alpha value is -2.47. The molecule has 0 saturated heterocycles. The summed E-state index contributed by atoms with van der Waals surface area (Å²) in [7, 11) is 0. The van der Waals surface area contributed by atoms with Crippen LogP contribution in [0.5, 0.6) is 0 Å². The fourth-order valence-electron chi connectivity index (χ4n) is 1.81. The van der Waals surface area contributed by atoms with Crippen LogP contribution in [0.2, 0.25) is 0 Å². The summed E-state index contributed by atoms with van der Waals surface area (Å²) in [6, 6.07) is 9.64. The molecule has 0 bridgehead atoms. The van der Waals surface area contributed by atoms with Gasteiger partial charge in [-0.25, -0.2) is 13.6 Å². The quantitative estimate of drug-likeness (QED) is 0.811. The van der Waals surface area contributed by atoms with E-state index >= 15 is 0 Å². The van der Waals surface area contributed by atoms with Crippen LogP contribution in [0.3, 0.4) is 0 Å². The number of rotatable bonds is 4. The van der Waals surface area contributed by atoms with Crippen molar-refractivity contribution in [1.29, 1.82) is 0 Å². The predicted octanol–water partition coefficient (Wildman–Crippen LogP) is 2.75. The summed E-state index contributed by atoms with van der Waals surface area (Å²) in [5.41, 5.74) is 7.05. The van der Waals surface area contributed by atoms with Gasteiger partial charge in [-0.15, -0.1) is 0 Å². The molecule has 0 atom stereocenters. The third kappa shape index (κ3) is 4.25. The molecule has 4 nitrogen and oxygen atoms in total. The Morgan fingerprint density at radius 3 is 2.71 bits per heavy atom. The lowest BCUT2D eigenvalue weighted by molar-refractivity contribution is 0.251. The lowest BCUT2D eigenvalue weighted by atomic mass is 10.2. The van der Waals surface area contributed by atoms with Crippen LogP contribution in [-0.4, -0.2) is 6.03 Å². The minimum atomic E-state index is -0.568. The Labute approximate surface area is 121 Å². The minimum absolute atomic E-state index is 0.0841. The highest BCUT2D eigenvalue weighted by molar-refractivity contribution is 5.89. The van der Waals surface area contributed by atoms with Gasteiger partial charge in [0.1, 0.15) is 11.6 Å². The van der Waals surface area contributed by atoms with E-state index in [9.17, 15) is 13.6 Å². The van der Waals surface area contributed by atoms with E-state index in [1.807, 2.05) is 6.07 Å². The molecule has 2 amide bonds. The molecule has 0 fully saturated rings. The number of amides is 2. The Bertz CT molecular complexity index is 647. The maximum absolute atomic E-state index is 13.4. The van der Waals surface area contributed by atoms with E-state index in [4.69, 9.17) is 5.73 Å². The molecule has 0 heterocycles. The van der Waals surface area contributed by atoms with Crippen LogP contribution in [-0.2, 0) is 13.1 Å². The number of benzene rings is 2. The molecule has 2 aromatic rings. The molecular weight excluding hydrogens is 276 g/mol. The van der Waals surface area contributed by atoms with Gasteiger partial charge in [0, 0.05) is 24.3 Å². The topological polar surface area (TPSA) is 67.1 Å². The Morgan fingerprint density at radius 2 is 1.95 bits per heavy atom. The molecule has 2 aromatic carbocycles. The Balaban J connectivity index is 1.94. The van der Waals surface area contributed by atoms with Crippen molar-refractivity contribution < 1.29 is 13.6 Å². The predicted molar refractivity (Wildman–Crippen MR) is 76.5 cm³/mol. The zero-order valence-corrected chi connectivity index (χ0v) is 11.2. The zero-order valence-electron chi connectivity index (χ0n) is 11.2. The molecule has 0 aliphatic rings. The molecule has 0 radical (unpaired) electrons. The van der Waals surface area contributed by atoms with Gasteiger partial charge in [-0.1, -0.05) is 12.1 Å². The van der Waals surface area contributed by atoms with Gasteiger partial charge in [0.2, 0.25) is 0 Å². The minimum Gasteiger partial charge on any atom is -0.334 e. The number of urea groups is 1. The van der Waals surface area contributed by atoms with Gasteiger partial charge >= 0.3 is 6.03 Å². The van der Waals surface area contributed by atoms with Gasteiger partial charge in [0.25, 0.3) is 0 Å². The van der Waals surface area contributed by atoms with Crippen LogP contribution in [0.4, 0.5) is 19.3 Å². The van der Waals surface area contributed by atoms with E-state index in [0.29, 0.717) is 12.2 Å². The monoisotopic (exact) mass is 291 g/mol.